The summed E-state index contributed by atoms with van der Waals surface area (Å²) in [4.78, 5) is 17.3. The number of ether oxygens (including phenoxy) is 1. The predicted molar refractivity (Wildman–Crippen MR) is 117 cm³/mol. The molecule has 10 heteroatoms. The lowest BCUT2D eigenvalue weighted by Crippen LogP contribution is -2.34. The Hall–Kier alpha value is -1.73. The van der Waals surface area contributed by atoms with Crippen LogP contribution >= 0.6 is 19.2 Å². The number of nitrogens with zero attached hydrogens (tertiary/aromatic N) is 2. The minimum atomic E-state index is -3.83. The fourth-order valence-corrected chi connectivity index (χ4v) is 4.83. The molecule has 0 spiro atoms. The Balaban J connectivity index is 2.31. The van der Waals surface area contributed by atoms with Crippen molar-refractivity contribution in [1.82, 2.24) is 10.1 Å². The Morgan fingerprint density at radius 1 is 1.16 bits per heavy atom. The third kappa shape index (κ3) is 7.14. The zero-order valence-electron chi connectivity index (χ0n) is 18.8. The molecule has 31 heavy (non-hydrogen) atoms. The van der Waals surface area contributed by atoms with Crippen LogP contribution in [-0.2, 0) is 29.6 Å². The molecule has 2 atom stereocenters. The zero-order valence-corrected chi connectivity index (χ0v) is 20.4. The first-order valence-corrected chi connectivity index (χ1v) is 12.2. The Morgan fingerprint density at radius 3 is 2.26 bits per heavy atom. The Morgan fingerprint density at radius 2 is 1.74 bits per heavy atom. The number of carbonyl (C=O) groups excluding carboxylic acids is 1. The van der Waals surface area contributed by atoms with E-state index in [1.165, 1.54) is 0 Å². The molecule has 1 aromatic carbocycles. The van der Waals surface area contributed by atoms with E-state index in [0.29, 0.717) is 10.8 Å². The van der Waals surface area contributed by atoms with Gasteiger partial charge in [-0.25, -0.2) is 0 Å². The molecule has 2 unspecified atom stereocenters. The lowest BCUT2D eigenvalue weighted by molar-refractivity contribution is -0.154. The summed E-state index contributed by atoms with van der Waals surface area (Å²) in [6, 6.07) is 7.33. The van der Waals surface area contributed by atoms with Gasteiger partial charge in [-0.1, -0.05) is 35.8 Å². The molecule has 0 radical (unpaired) electrons. The van der Waals surface area contributed by atoms with Crippen LogP contribution in [0.15, 0.2) is 28.8 Å². The SMILES string of the molecule is CCOP(=O)(OCC)C(Cc1nc(C(C)c2ccc(Cl)cc2)no1)C(=O)OC(C)(C)C. The van der Waals surface area contributed by atoms with Crippen LogP contribution in [0.2, 0.25) is 5.02 Å². The molecule has 2 rings (SSSR count). The molecule has 0 fully saturated rings. The van der Waals surface area contributed by atoms with E-state index in [1.807, 2.05) is 19.1 Å². The van der Waals surface area contributed by atoms with Crippen LogP contribution in [0.5, 0.6) is 0 Å². The number of carbonyl (C=O) groups is 1. The smallest absolute Gasteiger partial charge is 0.345 e. The van der Waals surface area contributed by atoms with Crippen molar-refractivity contribution < 1.29 is 27.7 Å². The van der Waals surface area contributed by atoms with Gasteiger partial charge in [-0.05, 0) is 52.3 Å². The maximum absolute atomic E-state index is 13.4. The number of halogens is 1. The fourth-order valence-electron chi connectivity index (χ4n) is 2.86. The van der Waals surface area contributed by atoms with Crippen molar-refractivity contribution >= 4 is 25.2 Å². The molecule has 0 aliphatic heterocycles. The lowest BCUT2D eigenvalue weighted by atomic mass is 10.0. The molecule has 0 N–H and O–H groups in total. The van der Waals surface area contributed by atoms with E-state index in [-0.39, 0.29) is 31.4 Å². The third-order valence-electron chi connectivity index (χ3n) is 4.29. The van der Waals surface area contributed by atoms with Gasteiger partial charge in [0.05, 0.1) is 19.6 Å². The molecule has 172 valence electrons. The van der Waals surface area contributed by atoms with E-state index in [2.05, 4.69) is 10.1 Å². The molecule has 0 saturated heterocycles. The highest BCUT2D eigenvalue weighted by Gasteiger charge is 2.44. The predicted octanol–water partition coefficient (Wildman–Crippen LogP) is 5.39. The summed E-state index contributed by atoms with van der Waals surface area (Å²) in [6.07, 6.45) is -0.132. The second-order valence-electron chi connectivity index (χ2n) is 7.95. The van der Waals surface area contributed by atoms with Crippen molar-refractivity contribution in [2.24, 2.45) is 0 Å². The van der Waals surface area contributed by atoms with Crippen LogP contribution in [-0.4, -0.2) is 40.6 Å². The number of hydrogen-bond donors (Lipinski definition) is 0. The molecular weight excluding hydrogens is 443 g/mol. The van der Waals surface area contributed by atoms with Crippen molar-refractivity contribution in [1.29, 1.82) is 0 Å². The highest BCUT2D eigenvalue weighted by molar-refractivity contribution is 7.55. The summed E-state index contributed by atoms with van der Waals surface area (Å²) in [7, 11) is -3.83. The van der Waals surface area contributed by atoms with Crippen LogP contribution < -0.4 is 0 Å². The number of rotatable bonds is 10. The first-order chi connectivity index (χ1) is 14.5. The van der Waals surface area contributed by atoms with Gasteiger partial charge in [0.25, 0.3) is 0 Å². The van der Waals surface area contributed by atoms with E-state index in [4.69, 9.17) is 29.9 Å². The van der Waals surface area contributed by atoms with Gasteiger partial charge in [-0.3, -0.25) is 9.36 Å². The lowest BCUT2D eigenvalue weighted by Gasteiger charge is -2.27. The Kier molecular flexibility index (Phi) is 8.83. The molecule has 1 aromatic heterocycles. The van der Waals surface area contributed by atoms with Crippen LogP contribution in [0.25, 0.3) is 0 Å². The standard InChI is InChI=1S/C21H30ClN2O6P/c1-7-27-31(26,28-8-2)17(20(25)29-21(4,5)6)13-18-23-19(24-30-18)14(3)15-9-11-16(22)12-10-15/h9-12,14,17H,7-8,13H2,1-6H3. The maximum Gasteiger partial charge on any atom is 0.345 e. The topological polar surface area (TPSA) is 101 Å². The maximum atomic E-state index is 13.4. The molecule has 0 aliphatic carbocycles. The van der Waals surface area contributed by atoms with Crippen LogP contribution in [0.4, 0.5) is 0 Å². The van der Waals surface area contributed by atoms with Crippen LogP contribution in [0.1, 0.15) is 64.7 Å². The van der Waals surface area contributed by atoms with E-state index >= 15 is 0 Å². The van der Waals surface area contributed by atoms with Crippen molar-refractivity contribution in [3.8, 4) is 0 Å². The van der Waals surface area contributed by atoms with E-state index in [9.17, 15) is 9.36 Å². The quantitative estimate of drug-likeness (QED) is 0.335. The van der Waals surface area contributed by atoms with Gasteiger partial charge < -0.3 is 18.3 Å². The fraction of sp³-hybridized carbons (Fsp3) is 0.571. The Labute approximate surface area is 188 Å². The second kappa shape index (κ2) is 10.7. The van der Waals surface area contributed by atoms with E-state index in [1.54, 1.807) is 46.8 Å². The molecular formula is C21H30ClN2O6P. The van der Waals surface area contributed by atoms with Crippen LogP contribution in [0.3, 0.4) is 0 Å². The summed E-state index contributed by atoms with van der Waals surface area (Å²) in [5, 5.41) is 4.67. The Bertz CT molecular complexity index is 899. The second-order valence-corrected chi connectivity index (χ2v) is 10.6. The summed E-state index contributed by atoms with van der Waals surface area (Å²) < 4.78 is 35.0. The highest BCUT2D eigenvalue weighted by Crippen LogP contribution is 2.54. The minimum Gasteiger partial charge on any atom is -0.459 e. The number of hydrogen-bond acceptors (Lipinski definition) is 8. The summed E-state index contributed by atoms with van der Waals surface area (Å²) in [6.45, 7) is 10.7. The first kappa shape index (κ1) is 25.5. The number of aromatic nitrogens is 2. The molecule has 0 bridgehead atoms. The normalized spacial score (nSPS) is 14.3. The van der Waals surface area contributed by atoms with Gasteiger partial charge >= 0.3 is 13.6 Å². The minimum absolute atomic E-state index is 0.110. The highest BCUT2D eigenvalue weighted by atomic mass is 35.5. The van der Waals surface area contributed by atoms with E-state index in [0.717, 1.165) is 5.56 Å². The molecule has 0 saturated carbocycles. The molecule has 1 heterocycles. The van der Waals surface area contributed by atoms with Gasteiger partial charge in [0, 0.05) is 10.9 Å². The van der Waals surface area contributed by atoms with Gasteiger partial charge in [-0.15, -0.1) is 0 Å². The average Bonchev–Trinajstić information content (AvgIpc) is 3.14. The monoisotopic (exact) mass is 472 g/mol. The van der Waals surface area contributed by atoms with Gasteiger partial charge in [-0.2, -0.15) is 4.98 Å². The summed E-state index contributed by atoms with van der Waals surface area (Å²) in [5.41, 5.74) is -1.05. The van der Waals surface area contributed by atoms with Gasteiger partial charge in [0.2, 0.25) is 5.89 Å². The number of benzene rings is 1. The van der Waals surface area contributed by atoms with Gasteiger partial charge in [0.15, 0.2) is 11.5 Å². The van der Waals surface area contributed by atoms with Crippen molar-refractivity contribution in [3.63, 3.8) is 0 Å². The molecule has 2 aromatic rings. The molecule has 0 aliphatic rings. The first-order valence-electron chi connectivity index (χ1n) is 10.2. The molecule has 8 nitrogen and oxygen atoms in total. The van der Waals surface area contributed by atoms with E-state index < -0.39 is 24.8 Å². The van der Waals surface area contributed by atoms with Gasteiger partial charge in [0.1, 0.15) is 5.60 Å². The van der Waals surface area contributed by atoms with Crippen molar-refractivity contribution in [2.75, 3.05) is 13.2 Å². The average molecular weight is 473 g/mol. The van der Waals surface area contributed by atoms with Crippen molar-refractivity contribution in [2.45, 2.75) is 65.1 Å². The number of esters is 1. The third-order valence-corrected chi connectivity index (χ3v) is 6.93. The summed E-state index contributed by atoms with van der Waals surface area (Å²) >= 11 is 5.95. The summed E-state index contributed by atoms with van der Waals surface area (Å²) in [5.74, 6) is -0.294. The van der Waals surface area contributed by atoms with Crippen molar-refractivity contribution in [3.05, 3.63) is 46.6 Å². The zero-order chi connectivity index (χ0) is 23.2. The van der Waals surface area contributed by atoms with Crippen LogP contribution in [0, 0.1) is 0 Å². The largest absolute Gasteiger partial charge is 0.459 e. The molecule has 0 amide bonds.